The fourth-order valence-corrected chi connectivity index (χ4v) is 3.60. The van der Waals surface area contributed by atoms with E-state index in [1.165, 1.54) is 5.69 Å². The highest BCUT2D eigenvalue weighted by molar-refractivity contribution is 5.78. The van der Waals surface area contributed by atoms with Gasteiger partial charge >= 0.3 is 0 Å². The fraction of sp³-hybridized carbons (Fsp3) is 0.600. The fourth-order valence-electron chi connectivity index (χ4n) is 3.60. The zero-order chi connectivity index (χ0) is 19.2. The van der Waals surface area contributed by atoms with Gasteiger partial charge in [0.25, 0.3) is 0 Å². The van der Waals surface area contributed by atoms with Crippen LogP contribution in [0, 0.1) is 0 Å². The summed E-state index contributed by atoms with van der Waals surface area (Å²) in [6.45, 7) is 9.09. The van der Waals surface area contributed by atoms with Crippen molar-refractivity contribution >= 4 is 23.2 Å². The minimum Gasteiger partial charge on any atom is -0.385 e. The summed E-state index contributed by atoms with van der Waals surface area (Å²) in [5.41, 5.74) is 2.30. The number of rotatable bonds is 5. The second-order valence-corrected chi connectivity index (χ2v) is 7.40. The van der Waals surface area contributed by atoms with Crippen molar-refractivity contribution in [1.29, 1.82) is 0 Å². The first-order valence-electron chi connectivity index (χ1n) is 9.83. The molecule has 2 heterocycles. The van der Waals surface area contributed by atoms with Crippen LogP contribution in [-0.2, 0) is 9.59 Å². The number of hydrogen-bond acceptors (Lipinski definition) is 5. The van der Waals surface area contributed by atoms with Crippen LogP contribution >= 0.6 is 0 Å². The summed E-state index contributed by atoms with van der Waals surface area (Å²) in [5, 5.41) is 3.34. The van der Waals surface area contributed by atoms with Crippen molar-refractivity contribution in [3.05, 3.63) is 24.3 Å². The normalized spacial score (nSPS) is 18.5. The van der Waals surface area contributed by atoms with E-state index in [2.05, 4.69) is 46.4 Å². The molecule has 0 atom stereocenters. The van der Waals surface area contributed by atoms with Crippen molar-refractivity contribution in [1.82, 2.24) is 14.7 Å². The first kappa shape index (κ1) is 19.5. The molecule has 0 aliphatic carbocycles. The zero-order valence-electron chi connectivity index (χ0n) is 16.5. The molecule has 0 aromatic heterocycles. The second-order valence-electron chi connectivity index (χ2n) is 7.40. The van der Waals surface area contributed by atoms with E-state index < -0.39 is 0 Å². The molecule has 1 aromatic carbocycles. The largest absolute Gasteiger partial charge is 0.385 e. The number of nitrogens with one attached hydrogen (secondary N) is 1. The van der Waals surface area contributed by atoms with Crippen LogP contribution in [0.2, 0.25) is 0 Å². The summed E-state index contributed by atoms with van der Waals surface area (Å²) in [6.07, 6.45) is 0.473. The number of likely N-dealkylation sites (N-methyl/N-ethyl adjacent to an activating group) is 1. The van der Waals surface area contributed by atoms with Gasteiger partial charge in [-0.2, -0.15) is 0 Å². The first-order chi connectivity index (χ1) is 13.0. The van der Waals surface area contributed by atoms with Gasteiger partial charge in [0.05, 0.1) is 0 Å². The van der Waals surface area contributed by atoms with Crippen LogP contribution in [0.1, 0.15) is 13.3 Å². The van der Waals surface area contributed by atoms with Gasteiger partial charge in [-0.1, -0.05) is 0 Å². The highest BCUT2D eigenvalue weighted by Crippen LogP contribution is 2.19. The van der Waals surface area contributed by atoms with Crippen LogP contribution in [0.4, 0.5) is 11.4 Å². The Morgan fingerprint density at radius 2 is 1.48 bits per heavy atom. The Labute approximate surface area is 161 Å². The third-order valence-electron chi connectivity index (χ3n) is 5.48. The number of hydrogen-bond donors (Lipinski definition) is 1. The molecule has 0 bridgehead atoms. The third-order valence-corrected chi connectivity index (χ3v) is 5.48. The summed E-state index contributed by atoms with van der Waals surface area (Å²) >= 11 is 0. The van der Waals surface area contributed by atoms with Crippen LogP contribution in [0.3, 0.4) is 0 Å². The number of amides is 2. The molecule has 0 spiro atoms. The van der Waals surface area contributed by atoms with Gasteiger partial charge < -0.3 is 24.9 Å². The van der Waals surface area contributed by atoms with Crippen LogP contribution in [0.25, 0.3) is 0 Å². The van der Waals surface area contributed by atoms with E-state index in [1.54, 1.807) is 11.8 Å². The lowest BCUT2D eigenvalue weighted by molar-refractivity contribution is -0.138. The standard InChI is InChI=1S/C20H31N5O2/c1-17(26)23-13-15-25(16-14-23)20(27)7-8-21-18-3-5-19(6-4-18)24-11-9-22(2)10-12-24/h3-6,21H,7-16H2,1-2H3. The van der Waals surface area contributed by atoms with Gasteiger partial charge in [-0.15, -0.1) is 0 Å². The molecule has 2 aliphatic rings. The topological polar surface area (TPSA) is 59.1 Å². The van der Waals surface area contributed by atoms with Crippen LogP contribution in [0.5, 0.6) is 0 Å². The molecule has 7 nitrogen and oxygen atoms in total. The average molecular weight is 374 g/mol. The minimum absolute atomic E-state index is 0.0868. The molecule has 7 heteroatoms. The highest BCUT2D eigenvalue weighted by Gasteiger charge is 2.21. The van der Waals surface area contributed by atoms with Crippen molar-refractivity contribution in [2.45, 2.75) is 13.3 Å². The maximum atomic E-state index is 12.3. The molecule has 2 fully saturated rings. The molecular formula is C20H31N5O2. The number of anilines is 2. The number of nitrogens with zero attached hydrogens (tertiary/aromatic N) is 4. The average Bonchev–Trinajstić information content (AvgIpc) is 2.69. The van der Waals surface area contributed by atoms with E-state index in [9.17, 15) is 9.59 Å². The van der Waals surface area contributed by atoms with Gasteiger partial charge in [0.2, 0.25) is 11.8 Å². The van der Waals surface area contributed by atoms with Gasteiger partial charge in [-0.25, -0.2) is 0 Å². The lowest BCUT2D eigenvalue weighted by Crippen LogP contribution is -2.50. The maximum Gasteiger partial charge on any atom is 0.224 e. The summed E-state index contributed by atoms with van der Waals surface area (Å²) in [5.74, 6) is 0.239. The van der Waals surface area contributed by atoms with E-state index in [4.69, 9.17) is 0 Å². The Bertz CT molecular complexity index is 632. The van der Waals surface area contributed by atoms with Crippen molar-refractivity contribution < 1.29 is 9.59 Å². The quantitative estimate of drug-likeness (QED) is 0.832. The molecule has 2 amide bonds. The molecule has 0 radical (unpaired) electrons. The van der Waals surface area contributed by atoms with E-state index in [1.807, 2.05) is 4.90 Å². The van der Waals surface area contributed by atoms with E-state index in [0.29, 0.717) is 39.1 Å². The number of benzene rings is 1. The smallest absolute Gasteiger partial charge is 0.224 e. The summed E-state index contributed by atoms with van der Waals surface area (Å²) in [4.78, 5) is 32.1. The van der Waals surface area contributed by atoms with Crippen LogP contribution in [0.15, 0.2) is 24.3 Å². The van der Waals surface area contributed by atoms with Crippen molar-refractivity contribution in [3.8, 4) is 0 Å². The SMILES string of the molecule is CC(=O)N1CCN(C(=O)CCNc2ccc(N3CCN(C)CC3)cc2)CC1. The molecule has 1 aromatic rings. The van der Waals surface area contributed by atoms with Crippen molar-refractivity contribution in [2.24, 2.45) is 0 Å². The van der Waals surface area contributed by atoms with Gasteiger partial charge in [0.15, 0.2) is 0 Å². The third kappa shape index (κ3) is 5.35. The van der Waals surface area contributed by atoms with Crippen molar-refractivity contribution in [3.63, 3.8) is 0 Å². The second kappa shape index (κ2) is 9.08. The van der Waals surface area contributed by atoms with Crippen LogP contribution in [-0.4, -0.2) is 92.5 Å². The maximum absolute atomic E-state index is 12.3. The Balaban J connectivity index is 1.39. The number of carbonyl (C=O) groups excluding carboxylic acids is 2. The van der Waals surface area contributed by atoms with E-state index in [0.717, 1.165) is 31.9 Å². The monoisotopic (exact) mass is 373 g/mol. The Hall–Kier alpha value is -2.28. The predicted molar refractivity (Wildman–Crippen MR) is 108 cm³/mol. The zero-order valence-corrected chi connectivity index (χ0v) is 16.5. The van der Waals surface area contributed by atoms with Gasteiger partial charge in [-0.3, -0.25) is 9.59 Å². The van der Waals surface area contributed by atoms with Gasteiger partial charge in [0, 0.05) is 83.6 Å². The molecular weight excluding hydrogens is 342 g/mol. The number of piperazine rings is 2. The first-order valence-corrected chi connectivity index (χ1v) is 9.83. The molecule has 0 unspecified atom stereocenters. The lowest BCUT2D eigenvalue weighted by Gasteiger charge is -2.34. The molecule has 3 rings (SSSR count). The molecule has 27 heavy (non-hydrogen) atoms. The molecule has 2 saturated heterocycles. The number of carbonyl (C=O) groups is 2. The Kier molecular flexibility index (Phi) is 6.55. The Morgan fingerprint density at radius 3 is 2.07 bits per heavy atom. The Morgan fingerprint density at radius 1 is 0.889 bits per heavy atom. The van der Waals surface area contributed by atoms with Crippen molar-refractivity contribution in [2.75, 3.05) is 76.2 Å². The molecule has 148 valence electrons. The molecule has 0 saturated carbocycles. The van der Waals surface area contributed by atoms with Gasteiger partial charge in [0.1, 0.15) is 0 Å². The summed E-state index contributed by atoms with van der Waals surface area (Å²) in [6, 6.07) is 8.47. The van der Waals surface area contributed by atoms with Crippen LogP contribution < -0.4 is 10.2 Å². The molecule has 1 N–H and O–H groups in total. The summed E-state index contributed by atoms with van der Waals surface area (Å²) in [7, 11) is 2.16. The predicted octanol–water partition coefficient (Wildman–Crippen LogP) is 0.931. The van der Waals surface area contributed by atoms with Gasteiger partial charge in [-0.05, 0) is 31.3 Å². The highest BCUT2D eigenvalue weighted by atomic mass is 16.2. The van der Waals surface area contributed by atoms with E-state index in [-0.39, 0.29) is 11.8 Å². The summed E-state index contributed by atoms with van der Waals surface area (Å²) < 4.78 is 0. The lowest BCUT2D eigenvalue weighted by atomic mass is 10.2. The van der Waals surface area contributed by atoms with E-state index >= 15 is 0 Å². The minimum atomic E-state index is 0.0868. The molecule has 2 aliphatic heterocycles.